The summed E-state index contributed by atoms with van der Waals surface area (Å²) in [6, 6.07) is 5.15. The highest BCUT2D eigenvalue weighted by molar-refractivity contribution is 7.13. The number of alkyl halides is 3. The average molecular weight is 437 g/mol. The Balaban J connectivity index is 1.36. The summed E-state index contributed by atoms with van der Waals surface area (Å²) in [5, 5.41) is 5.34. The van der Waals surface area contributed by atoms with Gasteiger partial charge in [0.1, 0.15) is 5.01 Å². The first kappa shape index (κ1) is 20.8. The number of likely N-dealkylation sites (tertiary alicyclic amines) is 1. The van der Waals surface area contributed by atoms with Gasteiger partial charge >= 0.3 is 6.18 Å². The molecule has 0 spiro atoms. The Morgan fingerprint density at radius 1 is 1.17 bits per heavy atom. The van der Waals surface area contributed by atoms with E-state index in [1.807, 2.05) is 0 Å². The third-order valence-corrected chi connectivity index (χ3v) is 6.35. The first-order valence-electron chi connectivity index (χ1n) is 10.00. The first-order valence-corrected chi connectivity index (χ1v) is 10.9. The largest absolute Gasteiger partial charge is 0.416 e. The topological polar surface area (TPSA) is 62.3 Å². The van der Waals surface area contributed by atoms with Gasteiger partial charge in [0.15, 0.2) is 0 Å². The second-order valence-corrected chi connectivity index (χ2v) is 8.72. The normalized spacial score (nSPS) is 19.6. The lowest BCUT2D eigenvalue weighted by molar-refractivity contribution is -0.138. The Labute approximate surface area is 176 Å². The lowest BCUT2D eigenvalue weighted by atomic mass is 9.96. The maximum absolute atomic E-state index is 12.7. The molecule has 1 saturated heterocycles. The van der Waals surface area contributed by atoms with E-state index in [1.54, 1.807) is 10.3 Å². The van der Waals surface area contributed by atoms with E-state index in [0.717, 1.165) is 37.8 Å². The highest BCUT2D eigenvalue weighted by Crippen LogP contribution is 2.32. The fraction of sp³-hybridized carbons (Fsp3) is 0.476. The van der Waals surface area contributed by atoms with Gasteiger partial charge < -0.3 is 10.2 Å². The van der Waals surface area contributed by atoms with E-state index >= 15 is 0 Å². The maximum atomic E-state index is 12.7. The smallest absolute Gasteiger partial charge is 0.353 e. The quantitative estimate of drug-likeness (QED) is 0.772. The first-order chi connectivity index (χ1) is 14.3. The Hall–Kier alpha value is -2.42. The lowest BCUT2D eigenvalue weighted by Gasteiger charge is -2.32. The maximum Gasteiger partial charge on any atom is 0.416 e. The molecule has 30 heavy (non-hydrogen) atoms. The molecule has 1 unspecified atom stereocenters. The SMILES string of the molecule is O=C(NC1CC1)C1CCCN(C(=O)Cc2csc(-c3ccc(C(F)(F)F)cc3)n2)C1. The molecule has 1 aromatic heterocycles. The molecule has 2 amide bonds. The highest BCUT2D eigenvalue weighted by Gasteiger charge is 2.32. The van der Waals surface area contributed by atoms with E-state index in [2.05, 4.69) is 10.3 Å². The minimum Gasteiger partial charge on any atom is -0.353 e. The van der Waals surface area contributed by atoms with Crippen LogP contribution >= 0.6 is 11.3 Å². The number of aromatic nitrogens is 1. The van der Waals surface area contributed by atoms with Crippen LogP contribution in [0.15, 0.2) is 29.6 Å². The molecule has 1 aromatic carbocycles. The van der Waals surface area contributed by atoms with Gasteiger partial charge in [-0.3, -0.25) is 9.59 Å². The van der Waals surface area contributed by atoms with Crippen molar-refractivity contribution in [3.8, 4) is 10.6 Å². The van der Waals surface area contributed by atoms with Crippen LogP contribution in [0.1, 0.15) is 36.9 Å². The number of hydrogen-bond donors (Lipinski definition) is 1. The Kier molecular flexibility index (Phi) is 5.81. The monoisotopic (exact) mass is 437 g/mol. The van der Waals surface area contributed by atoms with Crippen molar-refractivity contribution in [3.63, 3.8) is 0 Å². The zero-order chi connectivity index (χ0) is 21.3. The van der Waals surface area contributed by atoms with E-state index in [0.29, 0.717) is 35.4 Å². The van der Waals surface area contributed by atoms with Gasteiger partial charge in [-0.1, -0.05) is 12.1 Å². The highest BCUT2D eigenvalue weighted by atomic mass is 32.1. The van der Waals surface area contributed by atoms with Crippen LogP contribution in [-0.4, -0.2) is 40.8 Å². The number of carbonyl (C=O) groups is 2. The number of benzene rings is 1. The van der Waals surface area contributed by atoms with Gasteiger partial charge in [0.2, 0.25) is 11.8 Å². The number of carbonyl (C=O) groups excluding carboxylic acids is 2. The molecule has 4 rings (SSSR count). The van der Waals surface area contributed by atoms with E-state index in [9.17, 15) is 22.8 Å². The third-order valence-electron chi connectivity index (χ3n) is 5.41. The van der Waals surface area contributed by atoms with Gasteiger partial charge in [-0.05, 0) is 37.8 Å². The van der Waals surface area contributed by atoms with Crippen LogP contribution in [0.2, 0.25) is 0 Å². The summed E-state index contributed by atoms with van der Waals surface area (Å²) in [5.74, 6) is -0.210. The number of nitrogens with one attached hydrogen (secondary N) is 1. The fourth-order valence-electron chi connectivity index (χ4n) is 3.55. The summed E-state index contributed by atoms with van der Waals surface area (Å²) in [4.78, 5) is 31.1. The van der Waals surface area contributed by atoms with Crippen molar-refractivity contribution in [2.75, 3.05) is 13.1 Å². The number of thiazole rings is 1. The molecule has 1 aliphatic carbocycles. The van der Waals surface area contributed by atoms with Crippen LogP contribution in [0.4, 0.5) is 13.2 Å². The van der Waals surface area contributed by atoms with Crippen molar-refractivity contribution in [1.29, 1.82) is 0 Å². The fourth-order valence-corrected chi connectivity index (χ4v) is 4.38. The molecule has 5 nitrogen and oxygen atoms in total. The average Bonchev–Trinajstić information content (AvgIpc) is 3.42. The molecule has 1 aliphatic heterocycles. The van der Waals surface area contributed by atoms with Gasteiger partial charge in [0, 0.05) is 30.1 Å². The molecule has 2 aliphatic rings. The standard InChI is InChI=1S/C21H22F3N3O2S/c22-21(23,24)15-5-3-13(4-6-15)20-26-17(12-30-20)10-18(28)27-9-1-2-14(11-27)19(29)25-16-7-8-16/h3-6,12,14,16H,1-2,7-11H2,(H,25,29). The zero-order valence-electron chi connectivity index (χ0n) is 16.2. The van der Waals surface area contributed by atoms with E-state index in [1.165, 1.54) is 23.5 Å². The molecule has 1 saturated carbocycles. The Bertz CT molecular complexity index is 922. The summed E-state index contributed by atoms with van der Waals surface area (Å²) in [6.45, 7) is 1.05. The van der Waals surface area contributed by atoms with Crippen LogP contribution < -0.4 is 5.32 Å². The van der Waals surface area contributed by atoms with E-state index < -0.39 is 11.7 Å². The number of halogens is 3. The third kappa shape index (κ3) is 5.00. The molecule has 1 N–H and O–H groups in total. The summed E-state index contributed by atoms with van der Waals surface area (Å²) in [5.41, 5.74) is 0.467. The molecule has 9 heteroatoms. The van der Waals surface area contributed by atoms with Gasteiger partial charge in [0.05, 0.1) is 23.6 Å². The van der Waals surface area contributed by atoms with Crippen molar-refractivity contribution < 1.29 is 22.8 Å². The molecule has 0 bridgehead atoms. The van der Waals surface area contributed by atoms with Gasteiger partial charge in [0.25, 0.3) is 0 Å². The number of nitrogens with zero attached hydrogens (tertiary/aromatic N) is 2. The van der Waals surface area contributed by atoms with Crippen LogP contribution in [-0.2, 0) is 22.2 Å². The predicted octanol–water partition coefficient (Wildman–Crippen LogP) is 3.89. The minimum atomic E-state index is -4.37. The minimum absolute atomic E-state index is 0.0354. The zero-order valence-corrected chi connectivity index (χ0v) is 17.1. The molecule has 160 valence electrons. The van der Waals surface area contributed by atoms with E-state index in [4.69, 9.17) is 0 Å². The van der Waals surface area contributed by atoms with Crippen molar-refractivity contribution in [2.45, 2.75) is 44.3 Å². The predicted molar refractivity (Wildman–Crippen MR) is 107 cm³/mol. The van der Waals surface area contributed by atoms with Crippen LogP contribution in [0.25, 0.3) is 10.6 Å². The summed E-state index contributed by atoms with van der Waals surface area (Å²) < 4.78 is 38.1. The summed E-state index contributed by atoms with van der Waals surface area (Å²) in [7, 11) is 0. The van der Waals surface area contributed by atoms with Gasteiger partial charge in [-0.15, -0.1) is 11.3 Å². The number of rotatable bonds is 5. The van der Waals surface area contributed by atoms with Crippen LogP contribution in [0.5, 0.6) is 0 Å². The van der Waals surface area contributed by atoms with Crippen LogP contribution in [0, 0.1) is 5.92 Å². The Morgan fingerprint density at radius 3 is 2.57 bits per heavy atom. The number of hydrogen-bond acceptors (Lipinski definition) is 4. The van der Waals surface area contributed by atoms with Gasteiger partial charge in [-0.25, -0.2) is 4.98 Å². The van der Waals surface area contributed by atoms with Crippen molar-refractivity contribution in [1.82, 2.24) is 15.2 Å². The molecule has 2 heterocycles. The van der Waals surface area contributed by atoms with Crippen molar-refractivity contribution >= 4 is 23.2 Å². The number of amides is 2. The molecule has 0 radical (unpaired) electrons. The van der Waals surface area contributed by atoms with Crippen molar-refractivity contribution in [2.24, 2.45) is 5.92 Å². The number of piperidine rings is 1. The summed E-state index contributed by atoms with van der Waals surface area (Å²) >= 11 is 1.30. The molecular formula is C21H22F3N3O2S. The molecular weight excluding hydrogens is 415 g/mol. The Morgan fingerprint density at radius 2 is 1.90 bits per heavy atom. The second-order valence-electron chi connectivity index (χ2n) is 7.86. The van der Waals surface area contributed by atoms with E-state index in [-0.39, 0.29) is 24.2 Å². The molecule has 2 fully saturated rings. The van der Waals surface area contributed by atoms with Crippen molar-refractivity contribution in [3.05, 3.63) is 40.9 Å². The lowest BCUT2D eigenvalue weighted by Crippen LogP contribution is -2.46. The molecule has 1 atom stereocenters. The molecule has 2 aromatic rings. The second kappa shape index (κ2) is 8.37. The van der Waals surface area contributed by atoms with Crippen LogP contribution in [0.3, 0.4) is 0 Å². The summed E-state index contributed by atoms with van der Waals surface area (Å²) in [6.07, 6.45) is -0.604. The van der Waals surface area contributed by atoms with Gasteiger partial charge in [-0.2, -0.15) is 13.2 Å².